The van der Waals surface area contributed by atoms with E-state index in [-0.39, 0.29) is 18.4 Å². The summed E-state index contributed by atoms with van der Waals surface area (Å²) in [5.41, 5.74) is 0. The Balaban J connectivity index is 2.75. The van der Waals surface area contributed by atoms with Crippen molar-refractivity contribution in [3.05, 3.63) is 22.4 Å². The predicted molar refractivity (Wildman–Crippen MR) is 74.2 cm³/mol. The van der Waals surface area contributed by atoms with Crippen LogP contribution in [-0.4, -0.2) is 23.5 Å². The first-order valence-corrected chi connectivity index (χ1v) is 8.60. The Bertz CT molecular complexity index is 375. The molecular formula is C12H21O4PS. The highest BCUT2D eigenvalue weighted by atomic mass is 32.1. The van der Waals surface area contributed by atoms with Gasteiger partial charge in [0.2, 0.25) is 0 Å². The third-order valence-electron chi connectivity index (χ3n) is 2.01. The highest BCUT2D eigenvalue weighted by Crippen LogP contribution is 2.53. The van der Waals surface area contributed by atoms with Crippen LogP contribution in [0.1, 0.15) is 38.7 Å². The molecule has 0 saturated heterocycles. The monoisotopic (exact) mass is 292 g/mol. The van der Waals surface area contributed by atoms with E-state index in [4.69, 9.17) is 9.05 Å². The average molecular weight is 292 g/mol. The zero-order valence-corrected chi connectivity index (χ0v) is 12.9. The van der Waals surface area contributed by atoms with Gasteiger partial charge in [0, 0.05) is 4.88 Å². The van der Waals surface area contributed by atoms with Crippen LogP contribution in [0.3, 0.4) is 0 Å². The van der Waals surface area contributed by atoms with Gasteiger partial charge in [0.1, 0.15) is 0 Å². The minimum atomic E-state index is -3.27. The van der Waals surface area contributed by atoms with Crippen LogP contribution in [0, 0.1) is 0 Å². The topological polar surface area (TPSA) is 55.8 Å². The van der Waals surface area contributed by atoms with Gasteiger partial charge in [-0.3, -0.25) is 4.57 Å². The number of hydrogen-bond donors (Lipinski definition) is 1. The van der Waals surface area contributed by atoms with Crippen molar-refractivity contribution < 1.29 is 18.7 Å². The molecule has 1 aromatic rings. The van der Waals surface area contributed by atoms with Gasteiger partial charge in [0.05, 0.1) is 24.5 Å². The van der Waals surface area contributed by atoms with Gasteiger partial charge in [-0.15, -0.1) is 11.3 Å². The van der Waals surface area contributed by atoms with Crippen LogP contribution in [0.25, 0.3) is 0 Å². The maximum absolute atomic E-state index is 12.5. The van der Waals surface area contributed by atoms with E-state index in [2.05, 4.69) is 0 Å². The van der Waals surface area contributed by atoms with Gasteiger partial charge in [0.15, 0.2) is 0 Å². The van der Waals surface area contributed by atoms with Crippen molar-refractivity contribution in [2.24, 2.45) is 0 Å². The summed E-state index contributed by atoms with van der Waals surface area (Å²) in [5.74, 6) is 0. The summed E-state index contributed by atoms with van der Waals surface area (Å²) in [6.45, 7) is 7.20. The fraction of sp³-hybridized carbons (Fsp3) is 0.667. The number of rotatable bonds is 7. The second-order valence-corrected chi connectivity index (χ2v) is 7.62. The molecule has 1 aromatic heterocycles. The Kier molecular flexibility index (Phi) is 6.02. The first-order valence-electron chi connectivity index (χ1n) is 6.00. The van der Waals surface area contributed by atoms with Gasteiger partial charge in [-0.25, -0.2) is 0 Å². The molecule has 4 nitrogen and oxygen atoms in total. The molecule has 0 spiro atoms. The lowest BCUT2D eigenvalue weighted by Gasteiger charge is -2.24. The molecule has 0 aliphatic rings. The van der Waals surface area contributed by atoms with Crippen molar-refractivity contribution in [3.8, 4) is 0 Å². The Morgan fingerprint density at radius 2 is 1.83 bits per heavy atom. The zero-order valence-electron chi connectivity index (χ0n) is 11.2. The summed E-state index contributed by atoms with van der Waals surface area (Å²) < 4.78 is 23.3. The lowest BCUT2D eigenvalue weighted by atomic mass is 10.3. The van der Waals surface area contributed by atoms with E-state index >= 15 is 0 Å². The third-order valence-corrected chi connectivity index (χ3v) is 5.26. The highest BCUT2D eigenvalue weighted by Gasteiger charge is 2.31. The predicted octanol–water partition coefficient (Wildman–Crippen LogP) is 3.82. The summed E-state index contributed by atoms with van der Waals surface area (Å²) in [4.78, 5) is 0.773. The molecule has 1 rings (SSSR count). The summed E-state index contributed by atoms with van der Waals surface area (Å²) in [7, 11) is -3.27. The van der Waals surface area contributed by atoms with E-state index in [9.17, 15) is 9.67 Å². The summed E-state index contributed by atoms with van der Waals surface area (Å²) >= 11 is 1.43. The molecule has 0 aliphatic carbocycles. The summed E-state index contributed by atoms with van der Waals surface area (Å²) in [5, 5.41) is 11.9. The van der Waals surface area contributed by atoms with Gasteiger partial charge in [-0.1, -0.05) is 6.07 Å². The van der Waals surface area contributed by atoms with E-state index in [0.29, 0.717) is 0 Å². The Morgan fingerprint density at radius 1 is 1.28 bits per heavy atom. The molecule has 0 fully saturated rings. The molecule has 1 atom stereocenters. The molecule has 6 heteroatoms. The first-order chi connectivity index (χ1) is 8.32. The van der Waals surface area contributed by atoms with Crippen LogP contribution in [0.5, 0.6) is 0 Å². The van der Waals surface area contributed by atoms with Gasteiger partial charge >= 0.3 is 7.60 Å². The number of hydrogen-bond acceptors (Lipinski definition) is 5. The van der Waals surface area contributed by atoms with E-state index in [1.54, 1.807) is 27.7 Å². The molecule has 1 N–H and O–H groups in total. The normalized spacial score (nSPS) is 14.4. The molecular weight excluding hydrogens is 271 g/mol. The number of aliphatic hydroxyl groups excluding tert-OH is 1. The standard InChI is InChI=1S/C12H21O4PS/c1-9(2)15-17(14,16-10(3)4)8-11(13)12-6-5-7-18-12/h5-7,9-11,13H,8H2,1-4H3/t11-/m0/s1. The maximum atomic E-state index is 12.5. The molecule has 0 radical (unpaired) electrons. The van der Waals surface area contributed by atoms with Crippen LogP contribution < -0.4 is 0 Å². The van der Waals surface area contributed by atoms with Crippen LogP contribution >= 0.6 is 18.9 Å². The first kappa shape index (κ1) is 15.9. The van der Waals surface area contributed by atoms with E-state index in [0.717, 1.165) is 4.88 Å². The Labute approximate surface area is 112 Å². The number of thiophene rings is 1. The largest absolute Gasteiger partial charge is 0.387 e. The fourth-order valence-electron chi connectivity index (χ4n) is 1.54. The molecule has 0 amide bonds. The van der Waals surface area contributed by atoms with Crippen molar-refractivity contribution in [1.29, 1.82) is 0 Å². The summed E-state index contributed by atoms with van der Waals surface area (Å²) in [6.07, 6.45) is -1.23. The van der Waals surface area contributed by atoms with Crippen LogP contribution in [0.15, 0.2) is 17.5 Å². The molecule has 0 unspecified atom stereocenters. The minimum absolute atomic E-state index is 0.0100. The smallest absolute Gasteiger partial charge is 0.334 e. The van der Waals surface area contributed by atoms with E-state index in [1.165, 1.54) is 11.3 Å². The van der Waals surface area contributed by atoms with Crippen LogP contribution in [-0.2, 0) is 13.6 Å². The molecule has 0 bridgehead atoms. The molecule has 0 saturated carbocycles. The fourth-order valence-corrected chi connectivity index (χ4v) is 4.50. The van der Waals surface area contributed by atoms with Gasteiger partial charge in [0.25, 0.3) is 0 Å². The lowest BCUT2D eigenvalue weighted by molar-refractivity contribution is 0.127. The Morgan fingerprint density at radius 3 is 2.22 bits per heavy atom. The molecule has 1 heterocycles. The number of aliphatic hydroxyl groups is 1. The second-order valence-electron chi connectivity index (χ2n) is 4.63. The van der Waals surface area contributed by atoms with Gasteiger partial charge < -0.3 is 14.2 Å². The van der Waals surface area contributed by atoms with Crippen molar-refractivity contribution in [1.82, 2.24) is 0 Å². The Hall–Kier alpha value is -0.190. The summed E-state index contributed by atoms with van der Waals surface area (Å²) in [6, 6.07) is 3.66. The second kappa shape index (κ2) is 6.83. The van der Waals surface area contributed by atoms with Gasteiger partial charge in [-0.05, 0) is 39.1 Å². The average Bonchev–Trinajstić information content (AvgIpc) is 2.65. The van der Waals surface area contributed by atoms with Crippen molar-refractivity contribution in [2.45, 2.75) is 46.0 Å². The van der Waals surface area contributed by atoms with E-state index in [1.807, 2.05) is 17.5 Å². The van der Waals surface area contributed by atoms with Crippen molar-refractivity contribution in [2.75, 3.05) is 6.16 Å². The molecule has 0 aliphatic heterocycles. The molecule has 18 heavy (non-hydrogen) atoms. The quantitative estimate of drug-likeness (QED) is 0.776. The minimum Gasteiger partial charge on any atom is -0.387 e. The maximum Gasteiger partial charge on any atom is 0.334 e. The van der Waals surface area contributed by atoms with E-state index < -0.39 is 13.7 Å². The lowest BCUT2D eigenvalue weighted by Crippen LogP contribution is -2.13. The third kappa shape index (κ3) is 5.21. The zero-order chi connectivity index (χ0) is 13.8. The van der Waals surface area contributed by atoms with Crippen LogP contribution in [0.4, 0.5) is 0 Å². The van der Waals surface area contributed by atoms with Crippen molar-refractivity contribution >= 4 is 18.9 Å². The van der Waals surface area contributed by atoms with Crippen molar-refractivity contribution in [3.63, 3.8) is 0 Å². The molecule has 0 aromatic carbocycles. The molecule has 104 valence electrons. The van der Waals surface area contributed by atoms with Crippen LogP contribution in [0.2, 0.25) is 0 Å². The van der Waals surface area contributed by atoms with Gasteiger partial charge in [-0.2, -0.15) is 0 Å². The highest BCUT2D eigenvalue weighted by molar-refractivity contribution is 7.53. The SMILES string of the molecule is CC(C)OP(=O)(C[C@H](O)c1cccs1)OC(C)C.